The highest BCUT2D eigenvalue weighted by molar-refractivity contribution is 5.96. The molecule has 1 saturated carbocycles. The van der Waals surface area contributed by atoms with E-state index in [0.29, 0.717) is 24.6 Å². The summed E-state index contributed by atoms with van der Waals surface area (Å²) in [4.78, 5) is 33.2. The van der Waals surface area contributed by atoms with Gasteiger partial charge >= 0.3 is 6.09 Å². The summed E-state index contributed by atoms with van der Waals surface area (Å²) < 4.78 is 10.2. The lowest BCUT2D eigenvalue weighted by Crippen LogP contribution is -2.47. The van der Waals surface area contributed by atoms with Crippen molar-refractivity contribution in [1.82, 2.24) is 24.2 Å². The molecule has 4 heterocycles. The molecule has 1 N–H and O–H groups in total. The fourth-order valence-electron chi connectivity index (χ4n) is 6.28. The molecule has 226 valence electrons. The molecule has 1 aliphatic heterocycles. The minimum Gasteiger partial charge on any atom is -0.444 e. The Balaban J connectivity index is 1.24. The molecule has 8 nitrogen and oxygen atoms in total. The molecule has 1 atom stereocenters. The minimum atomic E-state index is -0.448. The first-order valence-electron chi connectivity index (χ1n) is 15.7. The number of likely N-dealkylation sites (tertiary alicyclic amines) is 1. The molecule has 2 aromatic carbocycles. The van der Waals surface area contributed by atoms with Gasteiger partial charge in [-0.15, -0.1) is 0 Å². The number of ether oxygens (including phenoxy) is 1. The van der Waals surface area contributed by atoms with Crippen LogP contribution in [0.3, 0.4) is 0 Å². The van der Waals surface area contributed by atoms with Crippen LogP contribution >= 0.6 is 0 Å². The van der Waals surface area contributed by atoms with Crippen molar-refractivity contribution in [3.05, 3.63) is 84.6 Å². The van der Waals surface area contributed by atoms with E-state index in [1.807, 2.05) is 57.3 Å². The van der Waals surface area contributed by atoms with Crippen LogP contribution in [0.5, 0.6) is 0 Å². The second-order valence-corrected chi connectivity index (χ2v) is 13.3. The summed E-state index contributed by atoms with van der Waals surface area (Å²) in [5.74, 6) is 0.619. The standard InChI is InChI=1S/C36H39N5O3/c1-36(2,3)38-35(43)44-28-13-9-18-39(23-28)34(42)27-17-19-40-31(21-27)37-32(33(40)25-10-5-4-6-11-25)30-20-26-12-7-8-14-29(26)41(30)22-24-15-16-24/h4-8,10-12,14,17,19-21,24,28H,9,13,15-16,18,22-23H2,1-3H3,(H,38,43)/t28-/m1/s1. The summed E-state index contributed by atoms with van der Waals surface area (Å²) in [5, 5.41) is 4.05. The Bertz CT molecular complexity index is 1840. The molecule has 0 unspecified atom stereocenters. The Hall–Kier alpha value is -4.59. The molecule has 8 heteroatoms. The molecule has 1 aliphatic carbocycles. The number of para-hydroxylation sites is 1. The number of aromatic nitrogens is 3. The van der Waals surface area contributed by atoms with Gasteiger partial charge in [0.05, 0.1) is 17.9 Å². The van der Waals surface area contributed by atoms with Crippen LogP contribution in [0.4, 0.5) is 4.79 Å². The lowest BCUT2D eigenvalue weighted by Gasteiger charge is -2.33. The van der Waals surface area contributed by atoms with Gasteiger partial charge in [0, 0.05) is 46.9 Å². The Kier molecular flexibility index (Phi) is 7.15. The van der Waals surface area contributed by atoms with E-state index < -0.39 is 6.09 Å². The van der Waals surface area contributed by atoms with Crippen molar-refractivity contribution in [2.24, 2.45) is 5.92 Å². The van der Waals surface area contributed by atoms with Crippen molar-refractivity contribution < 1.29 is 14.3 Å². The zero-order chi connectivity index (χ0) is 30.4. The average Bonchev–Trinajstić information content (AvgIpc) is 3.64. The smallest absolute Gasteiger partial charge is 0.407 e. The van der Waals surface area contributed by atoms with Gasteiger partial charge in [-0.25, -0.2) is 9.78 Å². The molecule has 2 amide bonds. The van der Waals surface area contributed by atoms with Crippen LogP contribution in [0.2, 0.25) is 0 Å². The first kappa shape index (κ1) is 28.2. The van der Waals surface area contributed by atoms with Crippen molar-refractivity contribution in [2.45, 2.75) is 64.6 Å². The van der Waals surface area contributed by atoms with Crippen LogP contribution in [-0.2, 0) is 11.3 Å². The molecular formula is C36H39N5O3. The fraction of sp³-hybridized carbons (Fsp3) is 0.361. The number of imidazole rings is 1. The number of hydrogen-bond acceptors (Lipinski definition) is 4. The second kappa shape index (κ2) is 11.2. The molecule has 7 rings (SSSR count). The van der Waals surface area contributed by atoms with E-state index in [1.165, 1.54) is 23.7 Å². The summed E-state index contributed by atoms with van der Waals surface area (Å²) in [6, 6.07) is 24.9. The number of nitrogens with zero attached hydrogens (tertiary/aromatic N) is 4. The number of rotatable bonds is 6. The van der Waals surface area contributed by atoms with Crippen molar-refractivity contribution in [3.8, 4) is 22.6 Å². The molecule has 2 fully saturated rings. The number of hydrogen-bond donors (Lipinski definition) is 1. The quantitative estimate of drug-likeness (QED) is 0.228. The van der Waals surface area contributed by atoms with Gasteiger partial charge in [-0.05, 0) is 76.6 Å². The maximum atomic E-state index is 13.8. The van der Waals surface area contributed by atoms with E-state index in [1.54, 1.807) is 4.90 Å². The number of fused-ring (bicyclic) bond motifs is 2. The zero-order valence-electron chi connectivity index (χ0n) is 25.6. The SMILES string of the molecule is CC(C)(C)NC(=O)O[C@@H]1CCCN(C(=O)c2ccn3c(-c4ccccc4)c(-c4cc5ccccc5n4CC4CC4)nc3c2)C1. The van der Waals surface area contributed by atoms with Crippen LogP contribution in [0.25, 0.3) is 39.2 Å². The summed E-state index contributed by atoms with van der Waals surface area (Å²) in [5.41, 5.74) is 6.23. The van der Waals surface area contributed by atoms with Gasteiger partial charge in [0.25, 0.3) is 5.91 Å². The monoisotopic (exact) mass is 589 g/mol. The highest BCUT2D eigenvalue weighted by Gasteiger charge is 2.30. The first-order chi connectivity index (χ1) is 21.2. The summed E-state index contributed by atoms with van der Waals surface area (Å²) in [6.45, 7) is 7.72. The van der Waals surface area contributed by atoms with Gasteiger partial charge in [0.1, 0.15) is 17.4 Å². The van der Waals surface area contributed by atoms with E-state index in [9.17, 15) is 9.59 Å². The predicted octanol–water partition coefficient (Wildman–Crippen LogP) is 7.16. The van der Waals surface area contributed by atoms with E-state index in [0.717, 1.165) is 47.7 Å². The third-order valence-electron chi connectivity index (χ3n) is 8.53. The summed E-state index contributed by atoms with van der Waals surface area (Å²) in [6.07, 6.45) is 5.21. The van der Waals surface area contributed by atoms with Crippen molar-refractivity contribution in [2.75, 3.05) is 13.1 Å². The van der Waals surface area contributed by atoms with E-state index in [2.05, 4.69) is 56.7 Å². The first-order valence-corrected chi connectivity index (χ1v) is 15.7. The molecule has 2 aliphatic rings. The molecular weight excluding hydrogens is 550 g/mol. The third kappa shape index (κ3) is 5.68. The van der Waals surface area contributed by atoms with Crippen LogP contribution in [0.1, 0.15) is 56.8 Å². The number of nitrogens with one attached hydrogen (secondary N) is 1. The van der Waals surface area contributed by atoms with Crippen molar-refractivity contribution >= 4 is 28.6 Å². The van der Waals surface area contributed by atoms with Crippen LogP contribution in [0.15, 0.2) is 79.0 Å². The maximum absolute atomic E-state index is 13.8. The highest BCUT2D eigenvalue weighted by atomic mass is 16.6. The molecule has 44 heavy (non-hydrogen) atoms. The Morgan fingerprint density at radius 3 is 2.52 bits per heavy atom. The number of carbonyl (C=O) groups is 2. The number of carbonyl (C=O) groups excluding carboxylic acids is 2. The zero-order valence-corrected chi connectivity index (χ0v) is 25.6. The number of piperidine rings is 1. The predicted molar refractivity (Wildman–Crippen MR) is 173 cm³/mol. The van der Waals surface area contributed by atoms with Gasteiger partial charge in [0.2, 0.25) is 0 Å². The fourth-order valence-corrected chi connectivity index (χ4v) is 6.28. The van der Waals surface area contributed by atoms with Crippen LogP contribution < -0.4 is 5.32 Å². The second-order valence-electron chi connectivity index (χ2n) is 13.3. The van der Waals surface area contributed by atoms with Crippen molar-refractivity contribution in [3.63, 3.8) is 0 Å². The van der Waals surface area contributed by atoms with Crippen LogP contribution in [0, 0.1) is 5.92 Å². The summed E-state index contributed by atoms with van der Waals surface area (Å²) >= 11 is 0. The van der Waals surface area contributed by atoms with Crippen molar-refractivity contribution in [1.29, 1.82) is 0 Å². The van der Waals surface area contributed by atoms with Crippen LogP contribution in [-0.4, -0.2) is 55.6 Å². The van der Waals surface area contributed by atoms with E-state index in [-0.39, 0.29) is 17.6 Å². The van der Waals surface area contributed by atoms with E-state index >= 15 is 0 Å². The number of alkyl carbamates (subject to hydrolysis) is 1. The maximum Gasteiger partial charge on any atom is 0.407 e. The Morgan fingerprint density at radius 1 is 0.977 bits per heavy atom. The van der Waals surface area contributed by atoms with Gasteiger partial charge in [-0.3, -0.25) is 9.20 Å². The van der Waals surface area contributed by atoms with E-state index in [4.69, 9.17) is 9.72 Å². The Labute approximate surface area is 257 Å². The van der Waals surface area contributed by atoms with Gasteiger partial charge in [-0.2, -0.15) is 0 Å². The lowest BCUT2D eigenvalue weighted by atomic mass is 10.1. The summed E-state index contributed by atoms with van der Waals surface area (Å²) in [7, 11) is 0. The largest absolute Gasteiger partial charge is 0.444 e. The normalized spacial score (nSPS) is 17.2. The van der Waals surface area contributed by atoms with Gasteiger partial charge < -0.3 is 19.5 Å². The number of pyridine rings is 1. The Morgan fingerprint density at radius 2 is 1.75 bits per heavy atom. The lowest BCUT2D eigenvalue weighted by molar-refractivity contribution is 0.0322. The highest BCUT2D eigenvalue weighted by Crippen LogP contribution is 2.39. The number of amides is 2. The van der Waals surface area contributed by atoms with Gasteiger partial charge in [0.15, 0.2) is 0 Å². The molecule has 5 aromatic rings. The molecule has 1 saturated heterocycles. The molecule has 0 bridgehead atoms. The topological polar surface area (TPSA) is 80.9 Å². The average molecular weight is 590 g/mol. The molecule has 0 radical (unpaired) electrons. The third-order valence-corrected chi connectivity index (χ3v) is 8.53. The number of benzene rings is 2. The van der Waals surface area contributed by atoms with Gasteiger partial charge in [-0.1, -0.05) is 48.5 Å². The molecule has 3 aromatic heterocycles. The molecule has 0 spiro atoms. The minimum absolute atomic E-state index is 0.0781.